The minimum absolute atomic E-state index is 0.195. The first-order valence-electron chi connectivity index (χ1n) is 6.65. The van der Waals surface area contributed by atoms with Crippen molar-refractivity contribution in [2.75, 3.05) is 6.61 Å². The van der Waals surface area contributed by atoms with Gasteiger partial charge in [0.2, 0.25) is 5.91 Å². The van der Waals surface area contributed by atoms with Crippen molar-refractivity contribution in [2.24, 2.45) is 0 Å². The molecule has 2 rings (SSSR count). The van der Waals surface area contributed by atoms with Gasteiger partial charge in [-0.25, -0.2) is 0 Å². The second-order valence-corrected chi connectivity index (χ2v) is 4.96. The average molecular weight is 261 g/mol. The molecule has 1 aromatic rings. The highest BCUT2D eigenvalue weighted by molar-refractivity contribution is 6.10. The number of hydrogen-bond donors (Lipinski definition) is 1. The predicted octanol–water partition coefficient (Wildman–Crippen LogP) is 1.76. The lowest BCUT2D eigenvalue weighted by atomic mass is 9.87. The molecule has 1 heterocycles. The van der Waals surface area contributed by atoms with Crippen molar-refractivity contribution in [3.05, 3.63) is 35.4 Å². The predicted molar refractivity (Wildman–Crippen MR) is 71.7 cm³/mol. The molecule has 0 unspecified atom stereocenters. The zero-order chi connectivity index (χ0) is 14.0. The van der Waals surface area contributed by atoms with Gasteiger partial charge in [-0.3, -0.25) is 14.5 Å². The largest absolute Gasteiger partial charge is 0.394 e. The Labute approximate surface area is 113 Å². The lowest BCUT2D eigenvalue weighted by Crippen LogP contribution is -2.58. The summed E-state index contributed by atoms with van der Waals surface area (Å²) in [5.74, 6) is -0.508. The molecule has 1 aliphatic rings. The fraction of sp³-hybridized carbons (Fsp3) is 0.467. The maximum atomic E-state index is 12.5. The first-order chi connectivity index (χ1) is 9.09. The molecule has 0 aliphatic carbocycles. The van der Waals surface area contributed by atoms with E-state index in [1.165, 1.54) is 4.90 Å². The van der Waals surface area contributed by atoms with Crippen LogP contribution in [0.5, 0.6) is 0 Å². The molecule has 1 aromatic carbocycles. The summed E-state index contributed by atoms with van der Waals surface area (Å²) in [6.07, 6.45) is 1.34. The van der Waals surface area contributed by atoms with Crippen LogP contribution in [0.1, 0.15) is 42.6 Å². The van der Waals surface area contributed by atoms with Crippen molar-refractivity contribution in [2.45, 2.75) is 38.6 Å². The third-order valence-electron chi connectivity index (χ3n) is 4.13. The van der Waals surface area contributed by atoms with Crippen LogP contribution in [0.2, 0.25) is 0 Å². The Kier molecular flexibility index (Phi) is 3.71. The van der Waals surface area contributed by atoms with Crippen molar-refractivity contribution in [3.63, 3.8) is 0 Å². The standard InChI is InChI=1S/C15H19NO3/c1-3-15(4-2,10-17)16-13(18)9-11-7-5-6-8-12(11)14(16)19/h5-8,17H,3-4,9-10H2,1-2H3. The van der Waals surface area contributed by atoms with Crippen LogP contribution in [0.4, 0.5) is 0 Å². The third kappa shape index (κ3) is 2.06. The monoisotopic (exact) mass is 261 g/mol. The SMILES string of the molecule is CCC(CC)(CO)N1C(=O)Cc2ccccc2C1=O. The fourth-order valence-electron chi connectivity index (χ4n) is 2.70. The highest BCUT2D eigenvalue weighted by Gasteiger charge is 2.43. The van der Waals surface area contributed by atoms with E-state index in [2.05, 4.69) is 0 Å². The number of hydrogen-bond acceptors (Lipinski definition) is 3. The van der Waals surface area contributed by atoms with Gasteiger partial charge in [-0.2, -0.15) is 0 Å². The molecule has 2 amide bonds. The Bertz CT molecular complexity index is 498. The molecular formula is C15H19NO3. The van der Waals surface area contributed by atoms with Gasteiger partial charge < -0.3 is 5.11 Å². The molecule has 4 nitrogen and oxygen atoms in total. The van der Waals surface area contributed by atoms with E-state index in [0.717, 1.165) is 5.56 Å². The molecule has 0 radical (unpaired) electrons. The van der Waals surface area contributed by atoms with Crippen LogP contribution >= 0.6 is 0 Å². The molecule has 0 bridgehead atoms. The Morgan fingerprint density at radius 2 is 1.84 bits per heavy atom. The van der Waals surface area contributed by atoms with Gasteiger partial charge in [0.15, 0.2) is 0 Å². The van der Waals surface area contributed by atoms with Gasteiger partial charge in [0, 0.05) is 5.56 Å². The number of rotatable bonds is 4. The van der Waals surface area contributed by atoms with E-state index in [1.807, 2.05) is 19.9 Å². The summed E-state index contributed by atoms with van der Waals surface area (Å²) in [6.45, 7) is 3.58. The lowest BCUT2D eigenvalue weighted by Gasteiger charge is -2.42. The van der Waals surface area contributed by atoms with E-state index < -0.39 is 5.54 Å². The number of benzene rings is 1. The maximum Gasteiger partial charge on any atom is 0.261 e. The van der Waals surface area contributed by atoms with Crippen molar-refractivity contribution < 1.29 is 14.7 Å². The highest BCUT2D eigenvalue weighted by Crippen LogP contribution is 2.30. The lowest BCUT2D eigenvalue weighted by molar-refractivity contribution is -0.135. The van der Waals surface area contributed by atoms with Crippen LogP contribution in [-0.2, 0) is 11.2 Å². The Balaban J connectivity index is 2.49. The average Bonchev–Trinajstić information content (AvgIpc) is 2.44. The number of carbonyl (C=O) groups is 2. The van der Waals surface area contributed by atoms with Gasteiger partial charge in [-0.05, 0) is 24.5 Å². The van der Waals surface area contributed by atoms with E-state index in [1.54, 1.807) is 18.2 Å². The summed E-state index contributed by atoms with van der Waals surface area (Å²) in [6, 6.07) is 7.17. The van der Waals surface area contributed by atoms with E-state index in [0.29, 0.717) is 18.4 Å². The van der Waals surface area contributed by atoms with Gasteiger partial charge in [0.05, 0.1) is 18.6 Å². The first kappa shape index (κ1) is 13.7. The van der Waals surface area contributed by atoms with Crippen LogP contribution in [-0.4, -0.2) is 34.0 Å². The highest BCUT2D eigenvalue weighted by atomic mass is 16.3. The Morgan fingerprint density at radius 3 is 2.42 bits per heavy atom. The number of amides is 2. The number of fused-ring (bicyclic) bond motifs is 1. The zero-order valence-electron chi connectivity index (χ0n) is 11.3. The fourth-order valence-corrected chi connectivity index (χ4v) is 2.70. The minimum atomic E-state index is -0.776. The number of nitrogens with zero attached hydrogens (tertiary/aromatic N) is 1. The zero-order valence-corrected chi connectivity index (χ0v) is 11.3. The quantitative estimate of drug-likeness (QED) is 0.840. The molecule has 0 fully saturated rings. The van der Waals surface area contributed by atoms with Crippen molar-refractivity contribution in [1.29, 1.82) is 0 Å². The van der Waals surface area contributed by atoms with Gasteiger partial charge in [-0.15, -0.1) is 0 Å². The molecule has 4 heteroatoms. The second kappa shape index (κ2) is 5.13. The maximum absolute atomic E-state index is 12.5. The molecule has 1 aliphatic heterocycles. The summed E-state index contributed by atoms with van der Waals surface area (Å²) in [7, 11) is 0. The van der Waals surface area contributed by atoms with Crippen LogP contribution in [0.25, 0.3) is 0 Å². The molecule has 0 saturated heterocycles. The topological polar surface area (TPSA) is 57.6 Å². The molecule has 0 spiro atoms. The van der Waals surface area contributed by atoms with Crippen molar-refractivity contribution in [3.8, 4) is 0 Å². The van der Waals surface area contributed by atoms with Gasteiger partial charge >= 0.3 is 0 Å². The van der Waals surface area contributed by atoms with Crippen LogP contribution in [0.3, 0.4) is 0 Å². The number of imide groups is 1. The van der Waals surface area contributed by atoms with Gasteiger partial charge in [-0.1, -0.05) is 32.0 Å². The van der Waals surface area contributed by atoms with E-state index in [-0.39, 0.29) is 24.8 Å². The summed E-state index contributed by atoms with van der Waals surface area (Å²) in [4.78, 5) is 26.1. The molecular weight excluding hydrogens is 242 g/mol. The minimum Gasteiger partial charge on any atom is -0.394 e. The molecule has 19 heavy (non-hydrogen) atoms. The van der Waals surface area contributed by atoms with Gasteiger partial charge in [0.1, 0.15) is 0 Å². The number of aliphatic hydroxyl groups is 1. The van der Waals surface area contributed by atoms with E-state index in [4.69, 9.17) is 0 Å². The molecule has 0 saturated carbocycles. The van der Waals surface area contributed by atoms with E-state index >= 15 is 0 Å². The van der Waals surface area contributed by atoms with E-state index in [9.17, 15) is 14.7 Å². The van der Waals surface area contributed by atoms with Crippen LogP contribution in [0.15, 0.2) is 24.3 Å². The molecule has 1 N–H and O–H groups in total. The summed E-state index contributed by atoms with van der Waals surface area (Å²) in [5, 5.41) is 9.67. The van der Waals surface area contributed by atoms with Crippen LogP contribution in [0, 0.1) is 0 Å². The summed E-state index contributed by atoms with van der Waals surface area (Å²) >= 11 is 0. The third-order valence-corrected chi connectivity index (χ3v) is 4.13. The second-order valence-electron chi connectivity index (χ2n) is 4.96. The first-order valence-corrected chi connectivity index (χ1v) is 6.65. The molecule has 102 valence electrons. The smallest absolute Gasteiger partial charge is 0.261 e. The Hall–Kier alpha value is -1.68. The number of aliphatic hydroxyl groups excluding tert-OH is 1. The van der Waals surface area contributed by atoms with Crippen LogP contribution < -0.4 is 0 Å². The van der Waals surface area contributed by atoms with Crippen molar-refractivity contribution in [1.82, 2.24) is 4.90 Å². The van der Waals surface area contributed by atoms with Crippen molar-refractivity contribution >= 4 is 11.8 Å². The number of carbonyl (C=O) groups excluding carboxylic acids is 2. The normalized spacial score (nSPS) is 15.6. The molecule has 0 aromatic heterocycles. The summed E-state index contributed by atoms with van der Waals surface area (Å²) < 4.78 is 0. The molecule has 0 atom stereocenters. The summed E-state index contributed by atoms with van der Waals surface area (Å²) in [5.41, 5.74) is 0.566. The van der Waals surface area contributed by atoms with Gasteiger partial charge in [0.25, 0.3) is 5.91 Å². The Morgan fingerprint density at radius 1 is 1.21 bits per heavy atom.